The van der Waals surface area contributed by atoms with Crippen molar-refractivity contribution in [3.8, 4) is 0 Å². The minimum atomic E-state index is -4.61. The van der Waals surface area contributed by atoms with Crippen LogP contribution in [0.2, 0.25) is 0 Å². The molecule has 12 heteroatoms. The highest BCUT2D eigenvalue weighted by atomic mass is 19.4. The van der Waals surface area contributed by atoms with Gasteiger partial charge in [-0.1, -0.05) is 12.1 Å². The first kappa shape index (κ1) is 29.0. The lowest BCUT2D eigenvalue weighted by atomic mass is 10.1. The van der Waals surface area contributed by atoms with E-state index >= 15 is 0 Å². The Morgan fingerprint density at radius 2 is 1.83 bits per heavy atom. The quantitative estimate of drug-likeness (QED) is 0.215. The molecule has 1 atom stereocenters. The largest absolute Gasteiger partial charge is 0.458 e. The van der Waals surface area contributed by atoms with E-state index in [9.17, 15) is 27.2 Å². The van der Waals surface area contributed by atoms with Crippen molar-refractivity contribution in [3.05, 3.63) is 83.6 Å². The van der Waals surface area contributed by atoms with Crippen molar-refractivity contribution in [2.75, 3.05) is 16.8 Å². The van der Waals surface area contributed by atoms with Gasteiger partial charge >= 0.3 is 12.1 Å². The van der Waals surface area contributed by atoms with Crippen LogP contribution in [0.1, 0.15) is 55.2 Å². The van der Waals surface area contributed by atoms with Crippen molar-refractivity contribution >= 4 is 34.4 Å². The van der Waals surface area contributed by atoms with Crippen LogP contribution in [0, 0.1) is 5.82 Å². The van der Waals surface area contributed by atoms with E-state index in [0.717, 1.165) is 12.5 Å². The van der Waals surface area contributed by atoms with Crippen LogP contribution in [0.15, 0.2) is 60.9 Å². The zero-order valence-electron chi connectivity index (χ0n) is 23.2. The van der Waals surface area contributed by atoms with E-state index in [1.54, 1.807) is 18.2 Å². The van der Waals surface area contributed by atoms with Gasteiger partial charge in [0.1, 0.15) is 34.6 Å². The van der Waals surface area contributed by atoms with Crippen molar-refractivity contribution in [2.45, 2.75) is 58.0 Å². The highest BCUT2D eigenvalue weighted by molar-refractivity contribution is 6.06. The summed E-state index contributed by atoms with van der Waals surface area (Å²) in [5, 5.41) is 2.84. The van der Waals surface area contributed by atoms with Gasteiger partial charge in [0.2, 0.25) is 0 Å². The number of carbonyl (C=O) groups is 2. The number of aromatic nitrogens is 3. The summed E-state index contributed by atoms with van der Waals surface area (Å²) in [6.45, 7) is 6.05. The average Bonchev–Trinajstić information content (AvgIpc) is 3.53. The lowest BCUT2D eigenvalue weighted by Crippen LogP contribution is -2.40. The predicted molar refractivity (Wildman–Crippen MR) is 149 cm³/mol. The van der Waals surface area contributed by atoms with Gasteiger partial charge in [0.05, 0.1) is 17.4 Å². The van der Waals surface area contributed by atoms with Gasteiger partial charge in [0.25, 0.3) is 5.91 Å². The van der Waals surface area contributed by atoms with Gasteiger partial charge in [-0.3, -0.25) is 4.79 Å². The molecule has 0 radical (unpaired) electrons. The maximum absolute atomic E-state index is 13.9. The van der Waals surface area contributed by atoms with Crippen LogP contribution in [0.25, 0.3) is 11.0 Å². The monoisotopic (exact) mass is 583 g/mol. The third kappa shape index (κ3) is 6.37. The van der Waals surface area contributed by atoms with Gasteiger partial charge in [-0.05, 0) is 75.6 Å². The van der Waals surface area contributed by atoms with E-state index in [4.69, 9.17) is 4.74 Å². The number of hydrogen-bond acceptors (Lipinski definition) is 6. The molecular formula is C30H29F4N5O3. The number of esters is 1. The van der Waals surface area contributed by atoms with Crippen LogP contribution < -0.4 is 10.2 Å². The second-order valence-corrected chi connectivity index (χ2v) is 11.1. The van der Waals surface area contributed by atoms with Gasteiger partial charge < -0.3 is 19.5 Å². The number of nitrogens with zero attached hydrogens (tertiary/aromatic N) is 4. The standard InChI is InChI=1S/C30H29F4N5O3/c1-29(2,3)42-28(41)23-8-5-11-38(23)25-10-9-22(16-35-25)37-27(40)24-14-19-13-20(30(32,33)34)15-36-26(19)39(24)17-18-6-4-7-21(31)12-18/h4,6-7,9-10,12-16,23H,5,8,11,17H2,1-3H3,(H,37,40)/t23-/m0/s1. The number of nitrogens with one attached hydrogen (secondary N) is 1. The lowest BCUT2D eigenvalue weighted by Gasteiger charge is -2.28. The first-order valence-electron chi connectivity index (χ1n) is 13.4. The molecule has 1 aromatic carbocycles. The Kier molecular flexibility index (Phi) is 7.65. The second kappa shape index (κ2) is 11.1. The van der Waals surface area contributed by atoms with Gasteiger partial charge in [-0.15, -0.1) is 0 Å². The number of rotatable bonds is 6. The molecule has 8 nitrogen and oxygen atoms in total. The summed E-state index contributed by atoms with van der Waals surface area (Å²) in [6.07, 6.45) is -1.03. The Hall–Kier alpha value is -4.48. The minimum Gasteiger partial charge on any atom is -0.458 e. The number of anilines is 2. The molecule has 4 aromatic rings. The molecule has 4 heterocycles. The van der Waals surface area contributed by atoms with E-state index in [0.29, 0.717) is 36.2 Å². The minimum absolute atomic E-state index is 0.000575. The lowest BCUT2D eigenvalue weighted by molar-refractivity contribution is -0.156. The summed E-state index contributed by atoms with van der Waals surface area (Å²) in [4.78, 5) is 36.4. The van der Waals surface area contributed by atoms with E-state index < -0.39 is 35.1 Å². The SMILES string of the molecule is CC(C)(C)OC(=O)[C@@H]1CCCN1c1ccc(NC(=O)c2cc3cc(C(F)(F)F)cnc3n2Cc2cccc(F)c2)cn1. The highest BCUT2D eigenvalue weighted by Crippen LogP contribution is 2.32. The normalized spacial score (nSPS) is 15.7. The number of benzene rings is 1. The Labute approximate surface area is 239 Å². The third-order valence-electron chi connectivity index (χ3n) is 6.76. The van der Waals surface area contributed by atoms with Crippen molar-refractivity contribution < 1.29 is 31.9 Å². The molecule has 1 saturated heterocycles. The number of hydrogen-bond donors (Lipinski definition) is 1. The van der Waals surface area contributed by atoms with Crippen molar-refractivity contribution in [1.82, 2.24) is 14.5 Å². The zero-order valence-corrected chi connectivity index (χ0v) is 23.2. The fraction of sp³-hybridized carbons (Fsp3) is 0.333. The first-order valence-corrected chi connectivity index (χ1v) is 13.4. The van der Waals surface area contributed by atoms with Crippen LogP contribution in [0.5, 0.6) is 0 Å². The summed E-state index contributed by atoms with van der Waals surface area (Å²) in [5.41, 5.74) is -0.546. The van der Waals surface area contributed by atoms with Crippen LogP contribution in [0.3, 0.4) is 0 Å². The van der Waals surface area contributed by atoms with E-state index in [2.05, 4.69) is 15.3 Å². The summed E-state index contributed by atoms with van der Waals surface area (Å²) < 4.78 is 60.9. The first-order chi connectivity index (χ1) is 19.8. The van der Waals surface area contributed by atoms with Crippen LogP contribution in [0.4, 0.5) is 29.1 Å². The molecule has 3 aromatic heterocycles. The molecule has 0 spiro atoms. The zero-order chi connectivity index (χ0) is 30.2. The fourth-order valence-corrected chi connectivity index (χ4v) is 4.95. The van der Waals surface area contributed by atoms with Crippen molar-refractivity contribution in [3.63, 3.8) is 0 Å². The molecule has 0 bridgehead atoms. The predicted octanol–water partition coefficient (Wildman–Crippen LogP) is 6.20. The summed E-state index contributed by atoms with van der Waals surface area (Å²) in [7, 11) is 0. The van der Waals surface area contributed by atoms with E-state index in [1.165, 1.54) is 35.0 Å². The highest BCUT2D eigenvalue weighted by Gasteiger charge is 2.35. The Bertz CT molecular complexity index is 1630. The third-order valence-corrected chi connectivity index (χ3v) is 6.76. The average molecular weight is 584 g/mol. The van der Waals surface area contributed by atoms with Crippen LogP contribution in [-0.2, 0) is 22.3 Å². The van der Waals surface area contributed by atoms with E-state index in [1.807, 2.05) is 25.7 Å². The summed E-state index contributed by atoms with van der Waals surface area (Å²) in [6, 6.07) is 10.8. The Morgan fingerprint density at radius 3 is 2.50 bits per heavy atom. The molecule has 1 aliphatic heterocycles. The molecular weight excluding hydrogens is 554 g/mol. The summed E-state index contributed by atoms with van der Waals surface area (Å²) >= 11 is 0. The fourth-order valence-electron chi connectivity index (χ4n) is 4.95. The number of alkyl halides is 3. The molecule has 1 fully saturated rings. The van der Waals surface area contributed by atoms with Crippen LogP contribution in [-0.4, -0.2) is 44.6 Å². The number of ether oxygens (including phenoxy) is 1. The van der Waals surface area contributed by atoms with Crippen molar-refractivity contribution in [1.29, 1.82) is 0 Å². The second-order valence-electron chi connectivity index (χ2n) is 11.1. The smallest absolute Gasteiger partial charge is 0.417 e. The number of pyridine rings is 2. The Morgan fingerprint density at radius 1 is 1.05 bits per heavy atom. The maximum Gasteiger partial charge on any atom is 0.417 e. The Balaban J connectivity index is 1.40. The number of halogens is 4. The number of carbonyl (C=O) groups excluding carboxylic acids is 2. The topological polar surface area (TPSA) is 89.4 Å². The maximum atomic E-state index is 13.9. The van der Waals surface area contributed by atoms with Gasteiger partial charge in [0, 0.05) is 24.7 Å². The summed E-state index contributed by atoms with van der Waals surface area (Å²) in [5.74, 6) is -0.876. The molecule has 0 saturated carbocycles. The van der Waals surface area contributed by atoms with Gasteiger partial charge in [-0.25, -0.2) is 19.2 Å². The molecule has 1 amide bonds. The number of amides is 1. The molecule has 1 aliphatic rings. The van der Waals surface area contributed by atoms with Crippen LogP contribution >= 0.6 is 0 Å². The van der Waals surface area contributed by atoms with E-state index in [-0.39, 0.29) is 29.2 Å². The molecule has 220 valence electrons. The molecule has 1 N–H and O–H groups in total. The molecule has 0 aliphatic carbocycles. The molecule has 5 rings (SSSR count). The number of fused-ring (bicyclic) bond motifs is 1. The van der Waals surface area contributed by atoms with Crippen molar-refractivity contribution in [2.24, 2.45) is 0 Å². The molecule has 0 unspecified atom stereocenters. The molecule has 42 heavy (non-hydrogen) atoms. The van der Waals surface area contributed by atoms with Gasteiger partial charge in [0.15, 0.2) is 0 Å². The van der Waals surface area contributed by atoms with Gasteiger partial charge in [-0.2, -0.15) is 13.2 Å².